The maximum Gasteiger partial charge on any atom is 0.252 e. The van der Waals surface area contributed by atoms with Crippen LogP contribution in [0.1, 0.15) is 16.7 Å². The fourth-order valence-corrected chi connectivity index (χ4v) is 4.84. The number of ether oxygens (including phenoxy) is 1. The van der Waals surface area contributed by atoms with Crippen LogP contribution in [0.2, 0.25) is 0 Å². The summed E-state index contributed by atoms with van der Waals surface area (Å²) in [6, 6.07) is 10.9. The van der Waals surface area contributed by atoms with Crippen LogP contribution >= 0.6 is 11.3 Å². The average Bonchev–Trinajstić information content (AvgIpc) is 2.98. The highest BCUT2D eigenvalue weighted by Gasteiger charge is 2.13. The third-order valence-electron chi connectivity index (χ3n) is 4.75. The Kier molecular flexibility index (Phi) is 6.36. The van der Waals surface area contributed by atoms with Crippen molar-refractivity contribution in [3.63, 3.8) is 0 Å². The van der Waals surface area contributed by atoms with Crippen LogP contribution in [0, 0.1) is 13.8 Å². The quantitative estimate of drug-likeness (QED) is 0.600. The number of nitrogens with zero attached hydrogens (tertiary/aromatic N) is 2. The molecule has 0 aliphatic rings. The Morgan fingerprint density at radius 1 is 1.14 bits per heavy atom. The van der Waals surface area contributed by atoms with Crippen LogP contribution in [0.5, 0.6) is 0 Å². The monoisotopic (exact) mass is 432 g/mol. The van der Waals surface area contributed by atoms with Crippen molar-refractivity contribution in [3.8, 4) is 0 Å². The highest BCUT2D eigenvalue weighted by atomic mass is 32.2. The molecular weight excluding hydrogens is 408 g/mol. The Morgan fingerprint density at radius 2 is 1.90 bits per heavy atom. The first-order chi connectivity index (χ1) is 13.7. The van der Waals surface area contributed by atoms with Gasteiger partial charge in [0.15, 0.2) is 14.6 Å². The zero-order valence-electron chi connectivity index (χ0n) is 16.9. The van der Waals surface area contributed by atoms with Crippen LogP contribution in [0.3, 0.4) is 0 Å². The normalized spacial score (nSPS) is 12.6. The number of hydrogen-bond donors (Lipinski definition) is 0. The molecule has 1 heterocycles. The lowest BCUT2D eigenvalue weighted by Gasteiger charge is -2.05. The van der Waals surface area contributed by atoms with Crippen LogP contribution in [-0.2, 0) is 32.3 Å². The number of carbonyl (C=O) groups is 1. The molecule has 0 spiro atoms. The summed E-state index contributed by atoms with van der Waals surface area (Å²) in [5, 5.41) is 0. The van der Waals surface area contributed by atoms with Gasteiger partial charge in [-0.05, 0) is 48.7 Å². The second-order valence-corrected chi connectivity index (χ2v) is 10.1. The summed E-state index contributed by atoms with van der Waals surface area (Å²) < 4.78 is 31.6. The summed E-state index contributed by atoms with van der Waals surface area (Å²) >= 11 is 1.30. The standard InChI is InChI=1S/C21H24N2O4S2/c1-14-5-6-16(11-15(14)2)12-20(24)22-21-23(9-10-27-3)18-8-7-17(29(4,25)26)13-19(18)28-21/h5-8,11,13H,9-10,12H2,1-4H3. The topological polar surface area (TPSA) is 77.7 Å². The molecule has 0 aliphatic carbocycles. The molecule has 0 atom stereocenters. The molecule has 6 nitrogen and oxygen atoms in total. The summed E-state index contributed by atoms with van der Waals surface area (Å²) in [5.41, 5.74) is 4.07. The molecule has 0 unspecified atom stereocenters. The molecular formula is C21H24N2O4S2. The molecule has 2 aromatic carbocycles. The molecule has 3 rings (SSSR count). The lowest BCUT2D eigenvalue weighted by atomic mass is 10.0. The fourth-order valence-electron chi connectivity index (χ4n) is 3.00. The van der Waals surface area contributed by atoms with E-state index in [4.69, 9.17) is 4.74 Å². The van der Waals surface area contributed by atoms with E-state index in [0.717, 1.165) is 21.3 Å². The number of aromatic nitrogens is 1. The molecule has 29 heavy (non-hydrogen) atoms. The minimum atomic E-state index is -3.31. The first-order valence-electron chi connectivity index (χ1n) is 9.15. The Hall–Kier alpha value is -2.29. The number of rotatable bonds is 6. The van der Waals surface area contributed by atoms with E-state index < -0.39 is 9.84 Å². The van der Waals surface area contributed by atoms with Gasteiger partial charge >= 0.3 is 0 Å². The van der Waals surface area contributed by atoms with Crippen molar-refractivity contribution in [1.29, 1.82) is 0 Å². The van der Waals surface area contributed by atoms with Gasteiger partial charge in [0, 0.05) is 19.9 Å². The van der Waals surface area contributed by atoms with Crippen molar-refractivity contribution >= 4 is 37.3 Å². The van der Waals surface area contributed by atoms with Gasteiger partial charge in [-0.25, -0.2) is 8.42 Å². The maximum atomic E-state index is 12.6. The first kappa shape index (κ1) is 21.4. The van der Waals surface area contributed by atoms with Gasteiger partial charge in [-0.15, -0.1) is 0 Å². The Balaban J connectivity index is 2.03. The maximum absolute atomic E-state index is 12.6. The number of sulfone groups is 1. The van der Waals surface area contributed by atoms with Gasteiger partial charge in [0.2, 0.25) is 0 Å². The number of amides is 1. The van der Waals surface area contributed by atoms with Gasteiger partial charge in [-0.2, -0.15) is 4.99 Å². The van der Waals surface area contributed by atoms with Crippen LogP contribution in [-0.4, -0.2) is 38.9 Å². The lowest BCUT2D eigenvalue weighted by molar-refractivity contribution is -0.117. The van der Waals surface area contributed by atoms with Gasteiger partial charge in [-0.1, -0.05) is 29.5 Å². The largest absolute Gasteiger partial charge is 0.383 e. The Labute approximate surface area is 174 Å². The van der Waals surface area contributed by atoms with Crippen molar-refractivity contribution < 1.29 is 17.9 Å². The number of benzene rings is 2. The summed E-state index contributed by atoms with van der Waals surface area (Å²) in [7, 11) is -1.70. The predicted molar refractivity (Wildman–Crippen MR) is 115 cm³/mol. The summed E-state index contributed by atoms with van der Waals surface area (Å²) in [6.45, 7) is 5.03. The molecule has 3 aromatic rings. The molecule has 0 saturated heterocycles. The average molecular weight is 433 g/mol. The van der Waals surface area contributed by atoms with Crippen molar-refractivity contribution in [3.05, 3.63) is 57.9 Å². The van der Waals surface area contributed by atoms with Crippen molar-refractivity contribution in [2.45, 2.75) is 31.7 Å². The van der Waals surface area contributed by atoms with E-state index in [0.29, 0.717) is 18.0 Å². The van der Waals surface area contributed by atoms with Gasteiger partial charge in [0.1, 0.15) is 0 Å². The van der Waals surface area contributed by atoms with Gasteiger partial charge in [-0.3, -0.25) is 4.79 Å². The van der Waals surface area contributed by atoms with Gasteiger partial charge in [0.25, 0.3) is 5.91 Å². The van der Waals surface area contributed by atoms with E-state index >= 15 is 0 Å². The zero-order valence-corrected chi connectivity index (χ0v) is 18.6. The second-order valence-electron chi connectivity index (χ2n) is 7.03. The van der Waals surface area contributed by atoms with Gasteiger partial charge < -0.3 is 9.30 Å². The molecule has 0 bridgehead atoms. The van der Waals surface area contributed by atoms with Crippen molar-refractivity contribution in [2.24, 2.45) is 4.99 Å². The highest BCUT2D eigenvalue weighted by molar-refractivity contribution is 7.90. The number of fused-ring (bicyclic) bond motifs is 1. The molecule has 0 aliphatic heterocycles. The van der Waals surface area contributed by atoms with E-state index in [1.807, 2.05) is 36.6 Å². The van der Waals surface area contributed by atoms with Crippen LogP contribution in [0.25, 0.3) is 10.2 Å². The lowest BCUT2D eigenvalue weighted by Crippen LogP contribution is -2.19. The third kappa shape index (κ3) is 5.01. The molecule has 8 heteroatoms. The smallest absolute Gasteiger partial charge is 0.252 e. The summed E-state index contributed by atoms with van der Waals surface area (Å²) in [5.74, 6) is -0.241. The van der Waals surface area contributed by atoms with E-state index in [1.54, 1.807) is 25.3 Å². The number of methoxy groups -OCH3 is 1. The number of aryl methyl sites for hydroxylation is 2. The van der Waals surface area contributed by atoms with Crippen LogP contribution in [0.4, 0.5) is 0 Å². The van der Waals surface area contributed by atoms with Crippen molar-refractivity contribution in [1.82, 2.24) is 4.57 Å². The second kappa shape index (κ2) is 8.61. The van der Waals surface area contributed by atoms with Crippen LogP contribution in [0.15, 0.2) is 46.3 Å². The SMILES string of the molecule is COCCn1c(=NC(=O)Cc2ccc(C)c(C)c2)sc2cc(S(C)(=O)=O)ccc21. The molecule has 0 radical (unpaired) electrons. The minimum Gasteiger partial charge on any atom is -0.383 e. The molecule has 1 amide bonds. The minimum absolute atomic E-state index is 0.217. The fraction of sp³-hybridized carbons (Fsp3) is 0.333. The molecule has 1 aromatic heterocycles. The summed E-state index contributed by atoms with van der Waals surface area (Å²) in [4.78, 5) is 17.7. The number of thiazole rings is 1. The van der Waals surface area contributed by atoms with Crippen molar-refractivity contribution in [2.75, 3.05) is 20.0 Å². The van der Waals surface area contributed by atoms with E-state index in [9.17, 15) is 13.2 Å². The summed E-state index contributed by atoms with van der Waals surface area (Å²) in [6.07, 6.45) is 1.40. The third-order valence-corrected chi connectivity index (χ3v) is 6.90. The number of carbonyl (C=O) groups excluding carboxylic acids is 1. The van der Waals surface area contributed by atoms with E-state index in [2.05, 4.69) is 4.99 Å². The van der Waals surface area contributed by atoms with Gasteiger partial charge in [0.05, 0.1) is 28.1 Å². The number of hydrogen-bond acceptors (Lipinski definition) is 5. The van der Waals surface area contributed by atoms with E-state index in [1.165, 1.54) is 23.2 Å². The van der Waals surface area contributed by atoms with E-state index in [-0.39, 0.29) is 17.2 Å². The van der Waals surface area contributed by atoms with Crippen LogP contribution < -0.4 is 4.80 Å². The molecule has 0 N–H and O–H groups in total. The molecule has 0 saturated carbocycles. The Morgan fingerprint density at radius 3 is 2.55 bits per heavy atom. The molecule has 154 valence electrons. The first-order valence-corrected chi connectivity index (χ1v) is 11.9. The molecule has 0 fully saturated rings. The zero-order chi connectivity index (χ0) is 21.2. The highest BCUT2D eigenvalue weighted by Crippen LogP contribution is 2.22. The Bertz CT molecular complexity index is 1240. The predicted octanol–water partition coefficient (Wildman–Crippen LogP) is 3.04.